The number of benzene rings is 2. The topological polar surface area (TPSA) is 23.6 Å². The average Bonchev–Trinajstić information content (AvgIpc) is 2.59. The maximum Gasteiger partial charge on any atom is 0.258 e. The van der Waals surface area contributed by atoms with Crippen LogP contribution >= 0.6 is 0 Å². The molecule has 1 aliphatic heterocycles. The zero-order valence-corrected chi connectivity index (χ0v) is 13.9. The fourth-order valence-electron chi connectivity index (χ4n) is 3.17. The van der Waals surface area contributed by atoms with E-state index in [1.807, 2.05) is 35.2 Å². The van der Waals surface area contributed by atoms with E-state index in [1.54, 1.807) is 0 Å². The first-order valence-electron chi connectivity index (χ1n) is 8.29. The third-order valence-electron chi connectivity index (χ3n) is 4.60. The van der Waals surface area contributed by atoms with Gasteiger partial charge in [0.25, 0.3) is 5.91 Å². The van der Waals surface area contributed by atoms with Gasteiger partial charge in [-0.1, -0.05) is 35.9 Å². The van der Waals surface area contributed by atoms with Crippen LogP contribution in [0.15, 0.2) is 54.6 Å². The molecule has 0 spiro atoms. The van der Waals surface area contributed by atoms with Crippen LogP contribution in [0.5, 0.6) is 0 Å². The maximum atomic E-state index is 13.1. The Kier molecular flexibility index (Phi) is 4.77. The summed E-state index contributed by atoms with van der Waals surface area (Å²) in [7, 11) is 2.14. The van der Waals surface area contributed by atoms with Gasteiger partial charge < -0.3 is 9.80 Å². The molecule has 0 aliphatic carbocycles. The smallest absolute Gasteiger partial charge is 0.258 e. The molecule has 0 radical (unpaired) electrons. The molecule has 2 aromatic rings. The molecule has 1 heterocycles. The number of aryl methyl sites for hydroxylation is 1. The second kappa shape index (κ2) is 6.97. The Bertz CT molecular complexity index is 643. The molecule has 0 unspecified atom stereocenters. The fourth-order valence-corrected chi connectivity index (χ4v) is 3.17. The Morgan fingerprint density at radius 2 is 1.61 bits per heavy atom. The molecule has 0 saturated carbocycles. The zero-order chi connectivity index (χ0) is 16.2. The van der Waals surface area contributed by atoms with Gasteiger partial charge in [-0.25, -0.2) is 0 Å². The van der Waals surface area contributed by atoms with Crippen molar-refractivity contribution in [1.29, 1.82) is 0 Å². The summed E-state index contributed by atoms with van der Waals surface area (Å²) in [6.07, 6.45) is 2.03. The lowest BCUT2D eigenvalue weighted by atomic mass is 10.0. The van der Waals surface area contributed by atoms with Crippen LogP contribution in [-0.2, 0) is 0 Å². The standard InChI is InChI=1S/C20H24N2O/c1-16-8-10-18(11-9-16)22(19-12-14-21(2)15-13-19)20(23)17-6-4-3-5-7-17/h3-11,19H,12-15H2,1-2H3. The Balaban J connectivity index is 1.93. The monoisotopic (exact) mass is 308 g/mol. The normalized spacial score (nSPS) is 16.3. The quantitative estimate of drug-likeness (QED) is 0.862. The minimum atomic E-state index is 0.101. The van der Waals surface area contributed by atoms with Crippen LogP contribution in [0.25, 0.3) is 0 Å². The lowest BCUT2D eigenvalue weighted by Gasteiger charge is -2.37. The Hall–Kier alpha value is -2.13. The Labute approximate surface area is 138 Å². The number of amides is 1. The van der Waals surface area contributed by atoms with Crippen LogP contribution < -0.4 is 4.90 Å². The summed E-state index contributed by atoms with van der Waals surface area (Å²) in [5.74, 6) is 0.101. The molecule has 0 aromatic heterocycles. The number of piperidine rings is 1. The number of anilines is 1. The van der Waals surface area contributed by atoms with E-state index >= 15 is 0 Å². The number of hydrogen-bond acceptors (Lipinski definition) is 2. The first kappa shape index (κ1) is 15.8. The van der Waals surface area contributed by atoms with Gasteiger partial charge in [0.05, 0.1) is 0 Å². The molecule has 3 heteroatoms. The van der Waals surface area contributed by atoms with Gasteiger partial charge in [0, 0.05) is 17.3 Å². The van der Waals surface area contributed by atoms with E-state index in [2.05, 4.69) is 43.1 Å². The van der Waals surface area contributed by atoms with E-state index in [9.17, 15) is 4.79 Å². The third-order valence-corrected chi connectivity index (χ3v) is 4.60. The number of carbonyl (C=O) groups excluding carboxylic acids is 1. The summed E-state index contributed by atoms with van der Waals surface area (Å²) in [5, 5.41) is 0. The number of hydrogen-bond donors (Lipinski definition) is 0. The van der Waals surface area contributed by atoms with Gasteiger partial charge in [-0.05, 0) is 64.2 Å². The Morgan fingerprint density at radius 3 is 2.22 bits per heavy atom. The van der Waals surface area contributed by atoms with E-state index in [0.29, 0.717) is 0 Å². The van der Waals surface area contributed by atoms with E-state index in [4.69, 9.17) is 0 Å². The van der Waals surface area contributed by atoms with E-state index in [0.717, 1.165) is 37.2 Å². The number of nitrogens with zero attached hydrogens (tertiary/aromatic N) is 2. The van der Waals surface area contributed by atoms with Crippen LogP contribution in [0.4, 0.5) is 5.69 Å². The number of carbonyl (C=O) groups is 1. The molecule has 1 saturated heterocycles. The van der Waals surface area contributed by atoms with Crippen LogP contribution in [0.2, 0.25) is 0 Å². The molecule has 23 heavy (non-hydrogen) atoms. The van der Waals surface area contributed by atoms with Crippen molar-refractivity contribution < 1.29 is 4.79 Å². The third kappa shape index (κ3) is 3.62. The highest BCUT2D eigenvalue weighted by molar-refractivity contribution is 6.06. The first-order chi connectivity index (χ1) is 11.1. The molecule has 3 nitrogen and oxygen atoms in total. The molecule has 1 amide bonds. The lowest BCUT2D eigenvalue weighted by molar-refractivity contribution is 0.0963. The molecule has 0 N–H and O–H groups in total. The molecule has 2 aromatic carbocycles. The second-order valence-electron chi connectivity index (χ2n) is 6.41. The first-order valence-corrected chi connectivity index (χ1v) is 8.29. The fraction of sp³-hybridized carbons (Fsp3) is 0.350. The highest BCUT2D eigenvalue weighted by atomic mass is 16.2. The molecule has 0 atom stereocenters. The average molecular weight is 308 g/mol. The number of likely N-dealkylation sites (tertiary alicyclic amines) is 1. The van der Waals surface area contributed by atoms with Gasteiger partial charge in [0.15, 0.2) is 0 Å². The van der Waals surface area contributed by atoms with Crippen molar-refractivity contribution in [3.63, 3.8) is 0 Å². The number of rotatable bonds is 3. The maximum absolute atomic E-state index is 13.1. The van der Waals surface area contributed by atoms with Gasteiger partial charge in [-0.3, -0.25) is 4.79 Å². The van der Waals surface area contributed by atoms with Crippen molar-refractivity contribution in [2.45, 2.75) is 25.8 Å². The summed E-state index contributed by atoms with van der Waals surface area (Å²) in [4.78, 5) is 17.5. The Morgan fingerprint density at radius 1 is 1.00 bits per heavy atom. The minimum absolute atomic E-state index is 0.101. The molecule has 120 valence electrons. The SMILES string of the molecule is Cc1ccc(N(C(=O)c2ccccc2)C2CCN(C)CC2)cc1. The second-order valence-corrected chi connectivity index (χ2v) is 6.41. The van der Waals surface area contributed by atoms with Gasteiger partial charge >= 0.3 is 0 Å². The molecule has 1 fully saturated rings. The van der Waals surface area contributed by atoms with E-state index < -0.39 is 0 Å². The summed E-state index contributed by atoms with van der Waals surface area (Å²) in [6, 6.07) is 18.2. The summed E-state index contributed by atoms with van der Waals surface area (Å²) in [5.41, 5.74) is 2.97. The van der Waals surface area contributed by atoms with Crippen molar-refractivity contribution >= 4 is 11.6 Å². The minimum Gasteiger partial charge on any atom is -0.306 e. The van der Waals surface area contributed by atoms with Gasteiger partial charge in [-0.15, -0.1) is 0 Å². The van der Waals surface area contributed by atoms with Gasteiger partial charge in [0.1, 0.15) is 0 Å². The highest BCUT2D eigenvalue weighted by Gasteiger charge is 2.28. The van der Waals surface area contributed by atoms with Crippen molar-refractivity contribution in [2.75, 3.05) is 25.0 Å². The van der Waals surface area contributed by atoms with Gasteiger partial charge in [0.2, 0.25) is 0 Å². The largest absolute Gasteiger partial charge is 0.306 e. The van der Waals surface area contributed by atoms with Crippen LogP contribution in [0, 0.1) is 6.92 Å². The van der Waals surface area contributed by atoms with Crippen molar-refractivity contribution in [2.24, 2.45) is 0 Å². The van der Waals surface area contributed by atoms with E-state index in [-0.39, 0.29) is 11.9 Å². The molecule has 0 bridgehead atoms. The van der Waals surface area contributed by atoms with Crippen molar-refractivity contribution in [3.05, 3.63) is 65.7 Å². The molecular formula is C20H24N2O. The van der Waals surface area contributed by atoms with E-state index in [1.165, 1.54) is 5.56 Å². The van der Waals surface area contributed by atoms with Crippen LogP contribution in [0.3, 0.4) is 0 Å². The molecule has 1 aliphatic rings. The van der Waals surface area contributed by atoms with Crippen LogP contribution in [-0.4, -0.2) is 37.0 Å². The summed E-state index contributed by atoms with van der Waals surface area (Å²) in [6.45, 7) is 4.15. The zero-order valence-electron chi connectivity index (χ0n) is 13.9. The molecule has 3 rings (SSSR count). The highest BCUT2D eigenvalue weighted by Crippen LogP contribution is 2.26. The van der Waals surface area contributed by atoms with Crippen molar-refractivity contribution in [1.82, 2.24) is 4.90 Å². The van der Waals surface area contributed by atoms with Crippen molar-refractivity contribution in [3.8, 4) is 0 Å². The molecular weight excluding hydrogens is 284 g/mol. The predicted molar refractivity (Wildman–Crippen MR) is 94.9 cm³/mol. The summed E-state index contributed by atoms with van der Waals surface area (Å²) < 4.78 is 0. The van der Waals surface area contributed by atoms with Crippen LogP contribution in [0.1, 0.15) is 28.8 Å². The van der Waals surface area contributed by atoms with Gasteiger partial charge in [-0.2, -0.15) is 0 Å². The predicted octanol–water partition coefficient (Wildman–Crippen LogP) is 3.74. The summed E-state index contributed by atoms with van der Waals surface area (Å²) >= 11 is 0. The lowest BCUT2D eigenvalue weighted by Crippen LogP contribution is -2.46.